The first-order valence-electron chi connectivity index (χ1n) is 26.0. The van der Waals surface area contributed by atoms with Gasteiger partial charge >= 0.3 is 11.9 Å². The summed E-state index contributed by atoms with van der Waals surface area (Å²) in [6.45, 7) is 10.5. The van der Waals surface area contributed by atoms with Gasteiger partial charge in [0.25, 0.3) is 0 Å². The lowest BCUT2D eigenvalue weighted by Crippen LogP contribution is -2.34. The van der Waals surface area contributed by atoms with E-state index in [-0.39, 0.29) is 24.1 Å². The molecule has 0 heterocycles. The first-order chi connectivity index (χ1) is 33.5. The van der Waals surface area contributed by atoms with Crippen LogP contribution < -0.4 is 9.47 Å². The number of hydrogen-bond acceptors (Lipinski definition) is 8. The first-order valence-corrected chi connectivity index (χ1v) is 26.0. The minimum absolute atomic E-state index is 0.0932. The van der Waals surface area contributed by atoms with Crippen molar-refractivity contribution in [3.63, 3.8) is 0 Å². The van der Waals surface area contributed by atoms with Gasteiger partial charge in [0.2, 0.25) is 0 Å². The van der Waals surface area contributed by atoms with Crippen molar-refractivity contribution in [1.82, 2.24) is 0 Å². The lowest BCUT2D eigenvalue weighted by atomic mass is 9.94. The van der Waals surface area contributed by atoms with Gasteiger partial charge in [-0.2, -0.15) is 0 Å². The van der Waals surface area contributed by atoms with Gasteiger partial charge in [-0.3, -0.25) is 0 Å². The van der Waals surface area contributed by atoms with Crippen LogP contribution in [0.3, 0.4) is 0 Å². The van der Waals surface area contributed by atoms with Crippen molar-refractivity contribution in [1.29, 1.82) is 0 Å². The van der Waals surface area contributed by atoms with Gasteiger partial charge < -0.3 is 28.4 Å². The van der Waals surface area contributed by atoms with E-state index < -0.39 is 0 Å². The molecule has 1 aliphatic carbocycles. The maximum absolute atomic E-state index is 11.1. The van der Waals surface area contributed by atoms with Crippen LogP contribution in [0.2, 0.25) is 0 Å². The average Bonchev–Trinajstić information content (AvgIpc) is 3.38. The summed E-state index contributed by atoms with van der Waals surface area (Å²) in [5.41, 5.74) is 7.07. The summed E-state index contributed by atoms with van der Waals surface area (Å²) in [5.74, 6) is 1.18. The molecule has 4 aromatic rings. The van der Waals surface area contributed by atoms with Crippen LogP contribution in [-0.2, 0) is 41.8 Å². The Morgan fingerprint density at radius 2 is 0.676 bits per heavy atom. The SMILES string of the molecule is C=CC(=O)OCCCCCCCCCCCOc1ccc(-c2ccc(CO[C@@H]3CCCC[C@H]3OCc3ccc(-c4ccc(OCCCCCCCCCCCOC(=O)C=C)cc4)cc3)cc2)cc1. The highest BCUT2D eigenvalue weighted by molar-refractivity contribution is 5.81. The molecule has 1 fully saturated rings. The summed E-state index contributed by atoms with van der Waals surface area (Å²) in [6.07, 6.45) is 28.0. The predicted molar refractivity (Wildman–Crippen MR) is 276 cm³/mol. The van der Waals surface area contributed by atoms with Gasteiger partial charge in [-0.05, 0) is 96.2 Å². The molecule has 0 spiro atoms. The second kappa shape index (κ2) is 33.3. The van der Waals surface area contributed by atoms with Gasteiger partial charge in [0.1, 0.15) is 11.5 Å². The summed E-state index contributed by atoms with van der Waals surface area (Å²) in [7, 11) is 0. The number of carbonyl (C=O) groups is 2. The Balaban J connectivity index is 0.901. The van der Waals surface area contributed by atoms with Gasteiger partial charge in [0, 0.05) is 12.2 Å². The summed E-state index contributed by atoms with van der Waals surface area (Å²) in [5, 5.41) is 0. The van der Waals surface area contributed by atoms with E-state index in [0.717, 1.165) is 76.1 Å². The second-order valence-electron chi connectivity index (χ2n) is 18.2. The molecule has 1 saturated carbocycles. The monoisotopic (exact) mass is 929 g/mol. The fraction of sp³-hybridized carbons (Fsp3) is 0.500. The highest BCUT2D eigenvalue weighted by atomic mass is 16.5. The van der Waals surface area contributed by atoms with Crippen molar-refractivity contribution in [2.45, 2.75) is 167 Å². The van der Waals surface area contributed by atoms with Gasteiger partial charge in [0.15, 0.2) is 0 Å². The molecule has 368 valence electrons. The molecule has 0 unspecified atom stereocenters. The van der Waals surface area contributed by atoms with Crippen molar-refractivity contribution in [2.75, 3.05) is 26.4 Å². The van der Waals surface area contributed by atoms with E-state index >= 15 is 0 Å². The number of rotatable bonds is 36. The van der Waals surface area contributed by atoms with Crippen molar-refractivity contribution >= 4 is 11.9 Å². The van der Waals surface area contributed by atoms with Crippen LogP contribution in [0.5, 0.6) is 11.5 Å². The minimum Gasteiger partial charge on any atom is -0.494 e. The predicted octanol–water partition coefficient (Wildman–Crippen LogP) is 15.3. The molecule has 8 heteroatoms. The first kappa shape index (κ1) is 53.8. The summed E-state index contributed by atoms with van der Waals surface area (Å²) < 4.78 is 35.2. The third-order valence-corrected chi connectivity index (χ3v) is 12.8. The van der Waals surface area contributed by atoms with E-state index in [4.69, 9.17) is 28.4 Å². The molecule has 0 aromatic heterocycles. The summed E-state index contributed by atoms with van der Waals surface area (Å²) >= 11 is 0. The molecular formula is C60H80O8. The minimum atomic E-state index is -0.330. The Hall–Kier alpha value is -5.18. The van der Waals surface area contributed by atoms with E-state index in [1.165, 1.54) is 135 Å². The van der Waals surface area contributed by atoms with Crippen LogP contribution in [-0.4, -0.2) is 50.6 Å². The van der Waals surface area contributed by atoms with Crippen LogP contribution >= 0.6 is 0 Å². The third-order valence-electron chi connectivity index (χ3n) is 12.8. The number of unbranched alkanes of at least 4 members (excludes halogenated alkanes) is 16. The average molecular weight is 929 g/mol. The van der Waals surface area contributed by atoms with E-state index in [2.05, 4.69) is 110 Å². The van der Waals surface area contributed by atoms with Crippen molar-refractivity contribution in [3.8, 4) is 33.8 Å². The number of carbonyl (C=O) groups excluding carboxylic acids is 2. The third kappa shape index (κ3) is 21.8. The van der Waals surface area contributed by atoms with Crippen molar-refractivity contribution in [3.05, 3.63) is 133 Å². The van der Waals surface area contributed by atoms with Crippen LogP contribution in [0.1, 0.15) is 152 Å². The zero-order chi connectivity index (χ0) is 47.7. The zero-order valence-electron chi connectivity index (χ0n) is 41.0. The smallest absolute Gasteiger partial charge is 0.330 e. The fourth-order valence-electron chi connectivity index (χ4n) is 8.65. The molecule has 0 N–H and O–H groups in total. The van der Waals surface area contributed by atoms with Crippen LogP contribution in [0, 0.1) is 0 Å². The standard InChI is InChI=1S/C60H80O8/c1-3-59(61)65-45-23-17-13-9-5-7-11-15-21-43-63-55-39-35-53(36-40-55)51-31-27-49(28-32-51)47-67-57-25-19-20-26-58(57)68-48-50-29-33-52(34-30-50)54-37-41-56(42-38-54)64-44-22-16-12-8-6-10-14-18-24-46-66-60(62)4-2/h3-4,27-42,57-58H,1-2,5-26,43-48H2/t57-,58-/m1/s1. The van der Waals surface area contributed by atoms with Crippen LogP contribution in [0.25, 0.3) is 22.3 Å². The normalized spacial score (nSPS) is 14.5. The Kier molecular flexibility index (Phi) is 26.4. The second-order valence-corrected chi connectivity index (χ2v) is 18.2. The number of esters is 2. The molecule has 0 radical (unpaired) electrons. The van der Waals surface area contributed by atoms with Gasteiger partial charge in [-0.1, -0.05) is 189 Å². The Bertz CT molecular complexity index is 1830. The molecular weight excluding hydrogens is 849 g/mol. The highest BCUT2D eigenvalue weighted by Gasteiger charge is 2.26. The van der Waals surface area contributed by atoms with E-state index in [1.54, 1.807) is 0 Å². The lowest BCUT2D eigenvalue weighted by Gasteiger charge is -2.31. The quantitative estimate of drug-likeness (QED) is 0.0253. The maximum atomic E-state index is 11.1. The summed E-state index contributed by atoms with van der Waals surface area (Å²) in [4.78, 5) is 22.1. The lowest BCUT2D eigenvalue weighted by molar-refractivity contribution is -0.138. The van der Waals surface area contributed by atoms with E-state index in [1.807, 2.05) is 0 Å². The van der Waals surface area contributed by atoms with Crippen molar-refractivity contribution in [2.24, 2.45) is 0 Å². The van der Waals surface area contributed by atoms with Crippen LogP contribution in [0.15, 0.2) is 122 Å². The topological polar surface area (TPSA) is 89.5 Å². The number of benzene rings is 4. The molecule has 68 heavy (non-hydrogen) atoms. The van der Waals surface area contributed by atoms with Gasteiger partial charge in [-0.15, -0.1) is 0 Å². The largest absolute Gasteiger partial charge is 0.494 e. The maximum Gasteiger partial charge on any atom is 0.330 e. The van der Waals surface area contributed by atoms with E-state index in [9.17, 15) is 9.59 Å². The molecule has 0 amide bonds. The Labute approximate surface area is 408 Å². The van der Waals surface area contributed by atoms with Gasteiger partial charge in [-0.25, -0.2) is 9.59 Å². The number of hydrogen-bond donors (Lipinski definition) is 0. The molecule has 2 atom stereocenters. The molecule has 0 bridgehead atoms. The molecule has 0 aliphatic heterocycles. The highest BCUT2D eigenvalue weighted by Crippen LogP contribution is 2.29. The zero-order valence-corrected chi connectivity index (χ0v) is 41.0. The molecule has 0 saturated heterocycles. The van der Waals surface area contributed by atoms with Crippen molar-refractivity contribution < 1.29 is 38.0 Å². The van der Waals surface area contributed by atoms with Gasteiger partial charge in [0.05, 0.1) is 51.8 Å². The summed E-state index contributed by atoms with van der Waals surface area (Å²) in [6, 6.07) is 34.3. The van der Waals surface area contributed by atoms with E-state index in [0.29, 0.717) is 26.4 Å². The van der Waals surface area contributed by atoms with Crippen LogP contribution in [0.4, 0.5) is 0 Å². The Morgan fingerprint density at radius 3 is 0.985 bits per heavy atom. The molecule has 8 nitrogen and oxygen atoms in total. The molecule has 4 aromatic carbocycles. The number of ether oxygens (including phenoxy) is 6. The fourth-order valence-corrected chi connectivity index (χ4v) is 8.65. The molecule has 5 rings (SSSR count). The molecule has 1 aliphatic rings. The Morgan fingerprint density at radius 1 is 0.397 bits per heavy atom.